The number of hydrogen-bond acceptors (Lipinski definition) is 3. The molecule has 0 fully saturated rings. The van der Waals surface area contributed by atoms with Gasteiger partial charge in [-0.2, -0.15) is 0 Å². The Morgan fingerprint density at radius 2 is 2.46 bits per heavy atom. The molecule has 0 aromatic carbocycles. The zero-order valence-electron chi connectivity index (χ0n) is 8.03. The van der Waals surface area contributed by atoms with E-state index in [1.807, 2.05) is 7.05 Å². The summed E-state index contributed by atoms with van der Waals surface area (Å²) in [5.74, 6) is 0.437. The van der Waals surface area contributed by atoms with Crippen LogP contribution in [-0.2, 0) is 6.54 Å². The van der Waals surface area contributed by atoms with Crippen molar-refractivity contribution in [1.29, 1.82) is 0 Å². The molecule has 1 unspecified atom stereocenters. The van der Waals surface area contributed by atoms with Crippen LogP contribution >= 0.6 is 0 Å². The summed E-state index contributed by atoms with van der Waals surface area (Å²) in [6, 6.07) is 1.77. The van der Waals surface area contributed by atoms with Crippen molar-refractivity contribution in [3.63, 3.8) is 0 Å². The fourth-order valence-electron chi connectivity index (χ4n) is 1.27. The number of nitrogens with zero attached hydrogens (tertiary/aromatic N) is 2. The number of aromatic nitrogens is 2. The average molecular weight is 181 g/mol. The van der Waals surface area contributed by atoms with Crippen molar-refractivity contribution >= 4 is 0 Å². The molecule has 4 nitrogen and oxygen atoms in total. The van der Waals surface area contributed by atoms with Gasteiger partial charge in [-0.1, -0.05) is 6.92 Å². The van der Waals surface area contributed by atoms with Crippen LogP contribution in [-0.4, -0.2) is 23.1 Å². The highest BCUT2D eigenvalue weighted by atomic mass is 16.1. The molecule has 13 heavy (non-hydrogen) atoms. The third-order valence-corrected chi connectivity index (χ3v) is 1.84. The maximum atomic E-state index is 11.2. The Bertz CT molecular complexity index is 308. The van der Waals surface area contributed by atoms with Crippen LogP contribution in [0.2, 0.25) is 0 Å². The molecule has 0 saturated heterocycles. The summed E-state index contributed by atoms with van der Waals surface area (Å²) in [6.07, 6.45) is 3.28. The summed E-state index contributed by atoms with van der Waals surface area (Å²) >= 11 is 0. The van der Waals surface area contributed by atoms with Gasteiger partial charge in [0.05, 0.1) is 0 Å². The molecule has 1 aromatic rings. The van der Waals surface area contributed by atoms with Gasteiger partial charge in [-0.3, -0.25) is 4.57 Å². The van der Waals surface area contributed by atoms with Crippen molar-refractivity contribution < 1.29 is 0 Å². The molecule has 0 aliphatic rings. The van der Waals surface area contributed by atoms with E-state index < -0.39 is 0 Å². The molecule has 1 rings (SSSR count). The molecule has 1 aromatic heterocycles. The monoisotopic (exact) mass is 181 g/mol. The van der Waals surface area contributed by atoms with Crippen molar-refractivity contribution in [1.82, 2.24) is 14.9 Å². The molecule has 4 heteroatoms. The highest BCUT2D eigenvalue weighted by Crippen LogP contribution is 1.95. The van der Waals surface area contributed by atoms with Crippen molar-refractivity contribution in [3.05, 3.63) is 28.9 Å². The molecule has 0 spiro atoms. The number of nitrogens with one attached hydrogen (secondary N) is 1. The van der Waals surface area contributed by atoms with Gasteiger partial charge in [-0.05, 0) is 25.6 Å². The van der Waals surface area contributed by atoms with Gasteiger partial charge < -0.3 is 5.32 Å². The second kappa shape index (κ2) is 4.77. The zero-order chi connectivity index (χ0) is 9.68. The molecule has 0 saturated carbocycles. The van der Waals surface area contributed by atoms with Crippen molar-refractivity contribution in [2.45, 2.75) is 13.5 Å². The first-order valence-electron chi connectivity index (χ1n) is 4.40. The summed E-state index contributed by atoms with van der Waals surface area (Å²) in [4.78, 5) is 14.9. The minimum atomic E-state index is -0.176. The Kier molecular flexibility index (Phi) is 3.64. The van der Waals surface area contributed by atoms with Crippen LogP contribution in [0.1, 0.15) is 6.92 Å². The molecular formula is C9H15N3O. The lowest BCUT2D eigenvalue weighted by atomic mass is 10.2. The molecule has 0 aliphatic carbocycles. The van der Waals surface area contributed by atoms with E-state index in [-0.39, 0.29) is 5.69 Å². The van der Waals surface area contributed by atoms with Gasteiger partial charge in [0.1, 0.15) is 0 Å². The van der Waals surface area contributed by atoms with Gasteiger partial charge in [-0.25, -0.2) is 9.78 Å². The van der Waals surface area contributed by atoms with Crippen LogP contribution in [0.3, 0.4) is 0 Å². The minimum absolute atomic E-state index is 0.176. The van der Waals surface area contributed by atoms with Crippen LogP contribution in [0.25, 0.3) is 0 Å². The van der Waals surface area contributed by atoms with Gasteiger partial charge in [0.15, 0.2) is 0 Å². The normalized spacial score (nSPS) is 12.8. The second-order valence-corrected chi connectivity index (χ2v) is 3.22. The molecule has 0 bridgehead atoms. The van der Waals surface area contributed by atoms with Gasteiger partial charge in [0.2, 0.25) is 0 Å². The summed E-state index contributed by atoms with van der Waals surface area (Å²) in [5.41, 5.74) is -0.176. The molecular weight excluding hydrogens is 166 g/mol. The van der Waals surface area contributed by atoms with Gasteiger partial charge >= 0.3 is 5.69 Å². The highest BCUT2D eigenvalue weighted by Gasteiger charge is 2.02. The predicted molar refractivity (Wildman–Crippen MR) is 51.6 cm³/mol. The van der Waals surface area contributed by atoms with Gasteiger partial charge in [0, 0.05) is 18.9 Å². The molecule has 0 amide bonds. The van der Waals surface area contributed by atoms with E-state index >= 15 is 0 Å². The Hall–Kier alpha value is -1.16. The predicted octanol–water partition coefficient (Wildman–Crippen LogP) is 0.0988. The van der Waals surface area contributed by atoms with Crippen LogP contribution < -0.4 is 11.0 Å². The quantitative estimate of drug-likeness (QED) is 0.716. The van der Waals surface area contributed by atoms with Crippen LogP contribution in [0.5, 0.6) is 0 Å². The second-order valence-electron chi connectivity index (χ2n) is 3.22. The van der Waals surface area contributed by atoms with E-state index in [2.05, 4.69) is 17.2 Å². The largest absolute Gasteiger partial charge is 0.347 e. The lowest BCUT2D eigenvalue weighted by Crippen LogP contribution is -2.28. The minimum Gasteiger partial charge on any atom is -0.319 e. The lowest BCUT2D eigenvalue weighted by Gasteiger charge is -2.11. The Balaban J connectivity index is 2.63. The summed E-state index contributed by atoms with van der Waals surface area (Å²) in [7, 11) is 1.91. The lowest BCUT2D eigenvalue weighted by molar-refractivity contribution is 0.449. The first kappa shape index (κ1) is 9.92. The molecule has 1 N–H and O–H groups in total. The topological polar surface area (TPSA) is 46.9 Å². The summed E-state index contributed by atoms with van der Waals surface area (Å²) in [6.45, 7) is 3.71. The maximum absolute atomic E-state index is 11.2. The molecule has 1 atom stereocenters. The fourth-order valence-corrected chi connectivity index (χ4v) is 1.27. The summed E-state index contributed by atoms with van der Waals surface area (Å²) in [5, 5.41) is 3.07. The Labute approximate surface area is 77.6 Å². The van der Waals surface area contributed by atoms with Crippen LogP contribution in [0.4, 0.5) is 0 Å². The molecule has 1 heterocycles. The number of hydrogen-bond donors (Lipinski definition) is 1. The van der Waals surface area contributed by atoms with E-state index in [0.717, 1.165) is 6.54 Å². The highest BCUT2D eigenvalue weighted by molar-refractivity contribution is 4.81. The van der Waals surface area contributed by atoms with Crippen LogP contribution in [0.15, 0.2) is 23.3 Å². The average Bonchev–Trinajstić information content (AvgIpc) is 2.09. The fraction of sp³-hybridized carbons (Fsp3) is 0.556. The smallest absolute Gasteiger partial charge is 0.319 e. The summed E-state index contributed by atoms with van der Waals surface area (Å²) < 4.78 is 1.63. The molecule has 0 aliphatic heterocycles. The van der Waals surface area contributed by atoms with Gasteiger partial charge in [0.25, 0.3) is 0 Å². The SMILES string of the molecule is CNCC(C)Cn1cccnc1=O. The van der Waals surface area contributed by atoms with Gasteiger partial charge in [-0.15, -0.1) is 0 Å². The molecule has 0 radical (unpaired) electrons. The first-order chi connectivity index (χ1) is 6.24. The van der Waals surface area contributed by atoms with Crippen molar-refractivity contribution in [2.24, 2.45) is 5.92 Å². The van der Waals surface area contributed by atoms with Crippen molar-refractivity contribution in [2.75, 3.05) is 13.6 Å². The van der Waals surface area contributed by atoms with Crippen molar-refractivity contribution in [3.8, 4) is 0 Å². The Morgan fingerprint density at radius 3 is 3.08 bits per heavy atom. The zero-order valence-corrected chi connectivity index (χ0v) is 8.03. The van der Waals surface area contributed by atoms with E-state index in [9.17, 15) is 4.79 Å². The van der Waals surface area contributed by atoms with E-state index in [4.69, 9.17) is 0 Å². The number of rotatable bonds is 4. The van der Waals surface area contributed by atoms with E-state index in [1.54, 1.807) is 16.8 Å². The third kappa shape index (κ3) is 2.99. The molecule has 72 valence electrons. The maximum Gasteiger partial charge on any atom is 0.347 e. The first-order valence-corrected chi connectivity index (χ1v) is 4.40. The van der Waals surface area contributed by atoms with E-state index in [1.165, 1.54) is 6.20 Å². The Morgan fingerprint density at radius 1 is 1.69 bits per heavy atom. The third-order valence-electron chi connectivity index (χ3n) is 1.84. The van der Waals surface area contributed by atoms with E-state index in [0.29, 0.717) is 12.5 Å². The van der Waals surface area contributed by atoms with Crippen LogP contribution in [0, 0.1) is 5.92 Å². The standard InChI is InChI=1S/C9H15N3O/c1-8(6-10-2)7-12-5-3-4-11-9(12)13/h3-5,8,10H,6-7H2,1-2H3.